The van der Waals surface area contributed by atoms with E-state index in [0.29, 0.717) is 13.2 Å². The third-order valence-electron chi connectivity index (χ3n) is 2.53. The first kappa shape index (κ1) is 13.0. The summed E-state index contributed by atoms with van der Waals surface area (Å²) in [5.41, 5.74) is 6.76. The largest absolute Gasteiger partial charge is 0.492 e. The van der Waals surface area contributed by atoms with Gasteiger partial charge in [0.1, 0.15) is 12.4 Å². The number of ether oxygens (including phenoxy) is 1. The lowest BCUT2D eigenvalue weighted by atomic mass is 10.0. The smallest absolute Gasteiger partial charge is 0.119 e. The molecule has 0 bridgehead atoms. The molecule has 16 heavy (non-hydrogen) atoms. The Morgan fingerprint density at radius 1 is 1.31 bits per heavy atom. The summed E-state index contributed by atoms with van der Waals surface area (Å²) in [6.07, 6.45) is 3.67. The van der Waals surface area contributed by atoms with Crippen LogP contribution in [0.4, 0.5) is 0 Å². The Bertz CT molecular complexity index is 297. The van der Waals surface area contributed by atoms with Gasteiger partial charge in [-0.2, -0.15) is 0 Å². The van der Waals surface area contributed by atoms with Gasteiger partial charge in [-0.25, -0.2) is 0 Å². The lowest BCUT2D eigenvalue weighted by Crippen LogP contribution is -2.10. The second kappa shape index (κ2) is 7.29. The quantitative estimate of drug-likeness (QED) is 0.768. The van der Waals surface area contributed by atoms with E-state index in [1.807, 2.05) is 6.07 Å². The molecule has 2 nitrogen and oxygen atoms in total. The van der Waals surface area contributed by atoms with Crippen molar-refractivity contribution in [2.75, 3.05) is 13.2 Å². The number of hydrogen-bond donors (Lipinski definition) is 1. The van der Waals surface area contributed by atoms with Gasteiger partial charge in [0.15, 0.2) is 0 Å². The van der Waals surface area contributed by atoms with Crippen molar-refractivity contribution in [2.24, 2.45) is 11.7 Å². The molecule has 1 aromatic rings. The average molecular weight is 221 g/mol. The molecule has 0 atom stereocenters. The standard InChI is InChI=1S/C14H23NO/c1-12(2)5-3-6-13-7-4-8-14(11-13)16-10-9-15/h4,7-8,11-12H,3,5-6,9-10,15H2,1-2H3. The fourth-order valence-corrected chi connectivity index (χ4v) is 1.68. The van der Waals surface area contributed by atoms with Gasteiger partial charge in [0, 0.05) is 6.54 Å². The molecule has 0 heterocycles. The second-order valence-corrected chi connectivity index (χ2v) is 4.57. The molecule has 0 amide bonds. The highest BCUT2D eigenvalue weighted by molar-refractivity contribution is 5.28. The minimum atomic E-state index is 0.567. The molecule has 0 radical (unpaired) electrons. The van der Waals surface area contributed by atoms with Crippen molar-refractivity contribution in [2.45, 2.75) is 33.1 Å². The molecule has 0 fully saturated rings. The minimum Gasteiger partial charge on any atom is -0.492 e. The van der Waals surface area contributed by atoms with Crippen molar-refractivity contribution in [3.05, 3.63) is 29.8 Å². The van der Waals surface area contributed by atoms with Gasteiger partial charge >= 0.3 is 0 Å². The first-order chi connectivity index (χ1) is 7.72. The van der Waals surface area contributed by atoms with Crippen LogP contribution in [0.3, 0.4) is 0 Å². The van der Waals surface area contributed by atoms with E-state index in [-0.39, 0.29) is 0 Å². The number of aryl methyl sites for hydroxylation is 1. The number of nitrogens with two attached hydrogens (primary N) is 1. The van der Waals surface area contributed by atoms with Crippen molar-refractivity contribution in [3.8, 4) is 5.75 Å². The van der Waals surface area contributed by atoms with E-state index in [2.05, 4.69) is 32.0 Å². The lowest BCUT2D eigenvalue weighted by molar-refractivity contribution is 0.328. The maximum Gasteiger partial charge on any atom is 0.119 e. The van der Waals surface area contributed by atoms with Gasteiger partial charge in [-0.1, -0.05) is 32.4 Å². The van der Waals surface area contributed by atoms with E-state index in [1.54, 1.807) is 0 Å². The predicted molar refractivity (Wildman–Crippen MR) is 68.8 cm³/mol. The van der Waals surface area contributed by atoms with Gasteiger partial charge in [0.2, 0.25) is 0 Å². The summed E-state index contributed by atoms with van der Waals surface area (Å²) in [6, 6.07) is 8.32. The van der Waals surface area contributed by atoms with Gasteiger partial charge in [-0.15, -0.1) is 0 Å². The van der Waals surface area contributed by atoms with Crippen molar-refractivity contribution in [1.82, 2.24) is 0 Å². The Kier molecular flexibility index (Phi) is 5.94. The molecule has 1 rings (SSSR count). The SMILES string of the molecule is CC(C)CCCc1cccc(OCCN)c1. The van der Waals surface area contributed by atoms with Gasteiger partial charge < -0.3 is 10.5 Å². The molecule has 0 aromatic heterocycles. The first-order valence-corrected chi connectivity index (χ1v) is 6.14. The Morgan fingerprint density at radius 3 is 2.81 bits per heavy atom. The highest BCUT2D eigenvalue weighted by Gasteiger charge is 1.98. The number of rotatable bonds is 7. The fraction of sp³-hybridized carbons (Fsp3) is 0.571. The zero-order valence-electron chi connectivity index (χ0n) is 10.4. The molecule has 0 aliphatic carbocycles. The molecule has 0 saturated carbocycles. The van der Waals surface area contributed by atoms with Gasteiger partial charge in [-0.3, -0.25) is 0 Å². The third kappa shape index (κ3) is 5.17. The monoisotopic (exact) mass is 221 g/mol. The van der Waals surface area contributed by atoms with E-state index in [0.717, 1.165) is 18.1 Å². The molecule has 0 spiro atoms. The van der Waals surface area contributed by atoms with Crippen molar-refractivity contribution in [1.29, 1.82) is 0 Å². The zero-order chi connectivity index (χ0) is 11.8. The number of benzene rings is 1. The second-order valence-electron chi connectivity index (χ2n) is 4.57. The van der Waals surface area contributed by atoms with Gasteiger partial charge in [0.25, 0.3) is 0 Å². The Balaban J connectivity index is 2.40. The molecule has 2 heteroatoms. The molecule has 1 aromatic carbocycles. The summed E-state index contributed by atoms with van der Waals surface area (Å²) in [7, 11) is 0. The average Bonchev–Trinajstić information content (AvgIpc) is 2.26. The van der Waals surface area contributed by atoms with Gasteiger partial charge in [0.05, 0.1) is 0 Å². The summed E-state index contributed by atoms with van der Waals surface area (Å²) in [5, 5.41) is 0. The van der Waals surface area contributed by atoms with Crippen molar-refractivity contribution < 1.29 is 4.74 Å². The summed E-state index contributed by atoms with van der Waals surface area (Å²) >= 11 is 0. The van der Waals surface area contributed by atoms with E-state index < -0.39 is 0 Å². The van der Waals surface area contributed by atoms with Crippen LogP contribution < -0.4 is 10.5 Å². The van der Waals surface area contributed by atoms with Crippen LogP contribution in [-0.2, 0) is 6.42 Å². The summed E-state index contributed by atoms with van der Waals surface area (Å²) in [5.74, 6) is 1.73. The molecular formula is C14H23NO. The Labute approximate surface area is 98.8 Å². The van der Waals surface area contributed by atoms with Crippen LogP contribution in [0.2, 0.25) is 0 Å². The van der Waals surface area contributed by atoms with Crippen LogP contribution >= 0.6 is 0 Å². The summed E-state index contributed by atoms with van der Waals surface area (Å²) < 4.78 is 5.50. The number of hydrogen-bond acceptors (Lipinski definition) is 2. The van der Waals surface area contributed by atoms with E-state index in [9.17, 15) is 0 Å². The van der Waals surface area contributed by atoms with Crippen molar-refractivity contribution in [3.63, 3.8) is 0 Å². The molecular weight excluding hydrogens is 198 g/mol. The Hall–Kier alpha value is -1.02. The molecule has 0 unspecified atom stereocenters. The van der Waals surface area contributed by atoms with Crippen LogP contribution in [0, 0.1) is 5.92 Å². The molecule has 2 N–H and O–H groups in total. The van der Waals surface area contributed by atoms with Crippen LogP contribution in [0.15, 0.2) is 24.3 Å². The molecule has 90 valence electrons. The molecule has 0 aliphatic heterocycles. The maximum atomic E-state index is 5.50. The van der Waals surface area contributed by atoms with E-state index in [1.165, 1.54) is 18.4 Å². The predicted octanol–water partition coefficient (Wildman–Crippen LogP) is 3.00. The fourth-order valence-electron chi connectivity index (χ4n) is 1.68. The third-order valence-corrected chi connectivity index (χ3v) is 2.53. The topological polar surface area (TPSA) is 35.2 Å². The minimum absolute atomic E-state index is 0.567. The normalized spacial score (nSPS) is 10.8. The van der Waals surface area contributed by atoms with E-state index >= 15 is 0 Å². The highest BCUT2D eigenvalue weighted by Crippen LogP contribution is 2.16. The highest BCUT2D eigenvalue weighted by atomic mass is 16.5. The summed E-state index contributed by atoms with van der Waals surface area (Å²) in [4.78, 5) is 0. The first-order valence-electron chi connectivity index (χ1n) is 6.14. The maximum absolute atomic E-state index is 5.50. The van der Waals surface area contributed by atoms with Crippen LogP contribution in [0.5, 0.6) is 5.75 Å². The zero-order valence-corrected chi connectivity index (χ0v) is 10.4. The van der Waals surface area contributed by atoms with Crippen molar-refractivity contribution >= 4 is 0 Å². The molecule has 0 aliphatic rings. The van der Waals surface area contributed by atoms with E-state index in [4.69, 9.17) is 10.5 Å². The molecule has 0 saturated heterocycles. The van der Waals surface area contributed by atoms with Crippen LogP contribution in [0.1, 0.15) is 32.3 Å². The summed E-state index contributed by atoms with van der Waals surface area (Å²) in [6.45, 7) is 5.69. The Morgan fingerprint density at radius 2 is 2.12 bits per heavy atom. The van der Waals surface area contributed by atoms with Crippen LogP contribution in [-0.4, -0.2) is 13.2 Å². The van der Waals surface area contributed by atoms with Crippen LogP contribution in [0.25, 0.3) is 0 Å². The van der Waals surface area contributed by atoms with Gasteiger partial charge in [-0.05, 0) is 36.5 Å². The lowest BCUT2D eigenvalue weighted by Gasteiger charge is -2.08.